The number of hydrogen-bond acceptors (Lipinski definition) is 0. The maximum atomic E-state index is 12.7. The Morgan fingerprint density at radius 3 is 2.31 bits per heavy atom. The average Bonchev–Trinajstić information content (AvgIpc) is 2.03. The number of hydrogen-bond donors (Lipinski definition) is 0. The number of halogens is 4. The zero-order chi connectivity index (χ0) is 10.1. The number of alkyl halides is 3. The minimum Gasteiger partial charge on any atom is -0.206 e. The zero-order valence-electron chi connectivity index (χ0n) is 6.53. The van der Waals surface area contributed by atoms with Crippen LogP contribution < -0.4 is 0 Å². The Kier molecular flexibility index (Phi) is 2.91. The second kappa shape index (κ2) is 3.62. The van der Waals surface area contributed by atoms with Crippen LogP contribution in [0.25, 0.3) is 0 Å². The van der Waals surface area contributed by atoms with Gasteiger partial charge in [-0.15, -0.1) is 9.24 Å². The number of rotatable bonds is 1. The van der Waals surface area contributed by atoms with E-state index in [4.69, 9.17) is 0 Å². The summed E-state index contributed by atoms with van der Waals surface area (Å²) in [6.07, 6.45) is -4.23. The predicted molar refractivity (Wildman–Crippen MR) is 44.8 cm³/mol. The maximum absolute atomic E-state index is 12.7. The molecule has 0 aliphatic rings. The van der Waals surface area contributed by atoms with E-state index < -0.39 is 17.6 Å². The molecule has 1 rings (SSSR count). The third kappa shape index (κ3) is 2.41. The molecule has 0 radical (unpaired) electrons. The van der Waals surface area contributed by atoms with Gasteiger partial charge in [-0.05, 0) is 23.9 Å². The summed E-state index contributed by atoms with van der Waals surface area (Å²) in [5, 5.41) is 0. The highest BCUT2D eigenvalue weighted by Crippen LogP contribution is 2.32. The molecule has 72 valence electrons. The molecule has 0 amide bonds. The molecule has 0 bridgehead atoms. The molecule has 0 fully saturated rings. The van der Waals surface area contributed by atoms with E-state index in [1.54, 1.807) is 0 Å². The SMILES string of the molecule is Fc1ccc(CP)cc1C(F)(F)F. The minimum absolute atomic E-state index is 0.378. The molecule has 0 aromatic heterocycles. The highest BCUT2D eigenvalue weighted by atomic mass is 31.0. The van der Waals surface area contributed by atoms with Gasteiger partial charge in [-0.25, -0.2) is 4.39 Å². The van der Waals surface area contributed by atoms with E-state index in [0.717, 1.165) is 12.1 Å². The first-order valence-electron chi connectivity index (χ1n) is 3.51. The van der Waals surface area contributed by atoms with E-state index in [-0.39, 0.29) is 0 Å². The Hall–Kier alpha value is -0.630. The molecule has 1 aromatic rings. The van der Waals surface area contributed by atoms with Crippen molar-refractivity contribution in [3.8, 4) is 0 Å². The monoisotopic (exact) mass is 210 g/mol. The van der Waals surface area contributed by atoms with Crippen molar-refractivity contribution in [3.05, 3.63) is 35.1 Å². The first-order valence-corrected chi connectivity index (χ1v) is 4.32. The fraction of sp³-hybridized carbons (Fsp3) is 0.250. The van der Waals surface area contributed by atoms with Crippen LogP contribution in [-0.2, 0) is 12.3 Å². The summed E-state index contributed by atoms with van der Waals surface area (Å²) in [6, 6.07) is 2.99. The van der Waals surface area contributed by atoms with Crippen LogP contribution in [0.3, 0.4) is 0 Å². The molecule has 1 aromatic carbocycles. The minimum atomic E-state index is -4.61. The van der Waals surface area contributed by atoms with Gasteiger partial charge < -0.3 is 0 Å². The van der Waals surface area contributed by atoms with Crippen LogP contribution in [0.15, 0.2) is 18.2 Å². The lowest BCUT2D eigenvalue weighted by molar-refractivity contribution is -0.140. The lowest BCUT2D eigenvalue weighted by Gasteiger charge is -2.08. The van der Waals surface area contributed by atoms with Crippen LogP contribution >= 0.6 is 9.24 Å². The van der Waals surface area contributed by atoms with Crippen LogP contribution in [0.4, 0.5) is 17.6 Å². The number of benzene rings is 1. The van der Waals surface area contributed by atoms with Gasteiger partial charge in [0.05, 0.1) is 5.56 Å². The van der Waals surface area contributed by atoms with Crippen LogP contribution in [-0.4, -0.2) is 0 Å². The van der Waals surface area contributed by atoms with Crippen molar-refractivity contribution in [1.82, 2.24) is 0 Å². The Balaban J connectivity index is 3.19. The molecule has 0 N–H and O–H groups in total. The molecule has 1 atom stereocenters. The predicted octanol–water partition coefficient (Wildman–Crippen LogP) is 3.22. The van der Waals surface area contributed by atoms with Gasteiger partial charge in [0.2, 0.25) is 0 Å². The Morgan fingerprint density at radius 1 is 1.23 bits per heavy atom. The van der Waals surface area contributed by atoms with E-state index >= 15 is 0 Å². The fourth-order valence-electron chi connectivity index (χ4n) is 0.917. The Labute approximate surface area is 75.2 Å². The Morgan fingerprint density at radius 2 is 1.85 bits per heavy atom. The van der Waals surface area contributed by atoms with Gasteiger partial charge in [0.1, 0.15) is 5.82 Å². The standard InChI is InChI=1S/C8H7F4P/c9-7-2-1-5(4-13)3-6(7)8(10,11)12/h1-3H,4,13H2. The topological polar surface area (TPSA) is 0 Å². The van der Waals surface area contributed by atoms with Crippen LogP contribution in [0, 0.1) is 5.82 Å². The second-order valence-electron chi connectivity index (χ2n) is 2.52. The normalized spacial score (nSPS) is 11.8. The molecule has 0 aliphatic carbocycles. The van der Waals surface area contributed by atoms with Crippen molar-refractivity contribution in [1.29, 1.82) is 0 Å². The lowest BCUT2D eigenvalue weighted by atomic mass is 10.1. The molecule has 0 nitrogen and oxygen atoms in total. The summed E-state index contributed by atoms with van der Waals surface area (Å²) < 4.78 is 49.0. The van der Waals surface area contributed by atoms with Crippen molar-refractivity contribution in [2.45, 2.75) is 12.3 Å². The smallest absolute Gasteiger partial charge is 0.206 e. The summed E-state index contributed by atoms with van der Waals surface area (Å²) in [5.41, 5.74) is -0.758. The molecule has 5 heteroatoms. The summed E-state index contributed by atoms with van der Waals surface area (Å²) in [7, 11) is 2.28. The third-order valence-electron chi connectivity index (χ3n) is 1.57. The first-order chi connectivity index (χ1) is 5.95. The highest BCUT2D eigenvalue weighted by Gasteiger charge is 2.33. The Bertz CT molecular complexity index is 306. The van der Waals surface area contributed by atoms with E-state index in [2.05, 4.69) is 9.24 Å². The average molecular weight is 210 g/mol. The van der Waals surface area contributed by atoms with Crippen molar-refractivity contribution in [3.63, 3.8) is 0 Å². The van der Waals surface area contributed by atoms with Crippen molar-refractivity contribution < 1.29 is 17.6 Å². The second-order valence-corrected chi connectivity index (χ2v) is 2.92. The van der Waals surface area contributed by atoms with Gasteiger partial charge in [-0.3, -0.25) is 0 Å². The summed E-state index contributed by atoms with van der Waals surface area (Å²) in [4.78, 5) is 0. The molecule has 0 heterocycles. The zero-order valence-corrected chi connectivity index (χ0v) is 7.68. The van der Waals surface area contributed by atoms with Crippen LogP contribution in [0.5, 0.6) is 0 Å². The molecular weight excluding hydrogens is 203 g/mol. The van der Waals surface area contributed by atoms with Crippen LogP contribution in [0.2, 0.25) is 0 Å². The summed E-state index contributed by atoms with van der Waals surface area (Å²) in [6.45, 7) is 0. The largest absolute Gasteiger partial charge is 0.419 e. The van der Waals surface area contributed by atoms with Crippen molar-refractivity contribution >= 4 is 9.24 Å². The van der Waals surface area contributed by atoms with Crippen LogP contribution in [0.1, 0.15) is 11.1 Å². The lowest BCUT2D eigenvalue weighted by Crippen LogP contribution is -2.08. The van der Waals surface area contributed by atoms with Gasteiger partial charge >= 0.3 is 6.18 Å². The third-order valence-corrected chi connectivity index (χ3v) is 2.04. The van der Waals surface area contributed by atoms with Gasteiger partial charge in [-0.2, -0.15) is 13.2 Å². The quantitative estimate of drug-likeness (QED) is 0.493. The molecule has 0 saturated heterocycles. The molecule has 13 heavy (non-hydrogen) atoms. The molecule has 0 aliphatic heterocycles. The van der Waals surface area contributed by atoms with Gasteiger partial charge in [0.15, 0.2) is 0 Å². The molecule has 1 unspecified atom stereocenters. The van der Waals surface area contributed by atoms with Crippen molar-refractivity contribution in [2.24, 2.45) is 0 Å². The van der Waals surface area contributed by atoms with E-state index in [1.807, 2.05) is 0 Å². The van der Waals surface area contributed by atoms with Crippen molar-refractivity contribution in [2.75, 3.05) is 0 Å². The van der Waals surface area contributed by atoms with E-state index in [1.165, 1.54) is 6.07 Å². The van der Waals surface area contributed by atoms with Gasteiger partial charge in [0.25, 0.3) is 0 Å². The molecular formula is C8H7F4P. The summed E-state index contributed by atoms with van der Waals surface area (Å²) >= 11 is 0. The molecule has 0 spiro atoms. The van der Waals surface area contributed by atoms with Gasteiger partial charge in [0, 0.05) is 0 Å². The first kappa shape index (κ1) is 10.5. The summed E-state index contributed by atoms with van der Waals surface area (Å²) in [5.74, 6) is -1.23. The highest BCUT2D eigenvalue weighted by molar-refractivity contribution is 7.15. The maximum Gasteiger partial charge on any atom is 0.419 e. The molecule has 0 saturated carbocycles. The van der Waals surface area contributed by atoms with Gasteiger partial charge in [-0.1, -0.05) is 6.07 Å². The van der Waals surface area contributed by atoms with E-state index in [9.17, 15) is 17.6 Å². The fourth-order valence-corrected chi connectivity index (χ4v) is 1.17. The van der Waals surface area contributed by atoms with E-state index in [0.29, 0.717) is 11.7 Å².